The Balaban J connectivity index is 2.21. The molecule has 1 fully saturated rings. The van der Waals surface area contributed by atoms with Crippen molar-refractivity contribution in [1.82, 2.24) is 0 Å². The fourth-order valence-corrected chi connectivity index (χ4v) is 1.85. The molecule has 80 valence electrons. The molecule has 2 nitrogen and oxygen atoms in total. The topological polar surface area (TPSA) is 26.3 Å². The number of hydrogen-bond donors (Lipinski definition) is 0. The van der Waals surface area contributed by atoms with Gasteiger partial charge in [-0.3, -0.25) is 4.79 Å². The quantitative estimate of drug-likeness (QED) is 0.691. The van der Waals surface area contributed by atoms with Crippen LogP contribution in [0.25, 0.3) is 0 Å². The second kappa shape index (κ2) is 4.19. The van der Waals surface area contributed by atoms with E-state index in [1.165, 1.54) is 12.1 Å². The summed E-state index contributed by atoms with van der Waals surface area (Å²) in [5.74, 6) is -0.604. The minimum absolute atomic E-state index is 0.0537. The highest BCUT2D eigenvalue weighted by Gasteiger charge is 2.22. The third-order valence-corrected chi connectivity index (χ3v) is 2.86. The van der Waals surface area contributed by atoms with Gasteiger partial charge in [-0.25, -0.2) is 4.39 Å². The Morgan fingerprint density at radius 1 is 1.47 bits per heavy atom. The van der Waals surface area contributed by atoms with E-state index in [1.807, 2.05) is 0 Å². The van der Waals surface area contributed by atoms with E-state index in [0.29, 0.717) is 13.0 Å². The number of esters is 1. The van der Waals surface area contributed by atoms with Crippen molar-refractivity contribution in [3.8, 4) is 0 Å². The lowest BCUT2D eigenvalue weighted by molar-refractivity contribution is -0.147. The van der Waals surface area contributed by atoms with E-state index in [1.54, 1.807) is 6.07 Å². The molecule has 2 rings (SSSR count). The van der Waals surface area contributed by atoms with Crippen molar-refractivity contribution in [3.63, 3.8) is 0 Å². The predicted molar refractivity (Wildman–Crippen MR) is 54.3 cm³/mol. The maximum Gasteiger partial charge on any atom is 0.306 e. The molecule has 0 aromatic heterocycles. The molecule has 1 saturated heterocycles. The van der Waals surface area contributed by atoms with Crippen molar-refractivity contribution in [2.24, 2.45) is 0 Å². The van der Waals surface area contributed by atoms with Crippen LogP contribution >= 0.6 is 11.6 Å². The minimum atomic E-state index is -0.437. The van der Waals surface area contributed by atoms with Crippen molar-refractivity contribution in [2.75, 3.05) is 6.61 Å². The molecule has 4 heteroatoms. The summed E-state index contributed by atoms with van der Waals surface area (Å²) in [6.45, 7) is 0.410. The van der Waals surface area contributed by atoms with Crippen LogP contribution in [0.2, 0.25) is 5.02 Å². The third-order valence-electron chi connectivity index (χ3n) is 2.56. The van der Waals surface area contributed by atoms with Gasteiger partial charge in [0.2, 0.25) is 0 Å². The average Bonchev–Trinajstić information content (AvgIpc) is 2.22. The van der Waals surface area contributed by atoms with Crippen LogP contribution in [0, 0.1) is 5.82 Å². The zero-order valence-electron chi connectivity index (χ0n) is 8.00. The molecule has 0 amide bonds. The number of cyclic esters (lactones) is 1. The van der Waals surface area contributed by atoms with Gasteiger partial charge in [0.25, 0.3) is 0 Å². The Hall–Kier alpha value is -1.09. The van der Waals surface area contributed by atoms with Gasteiger partial charge in [-0.05, 0) is 30.0 Å². The van der Waals surface area contributed by atoms with E-state index in [0.717, 1.165) is 12.0 Å². The molecular formula is C11H10ClFO2. The predicted octanol–water partition coefficient (Wildman–Crippen LogP) is 2.90. The number of benzene rings is 1. The number of ether oxygens (including phenoxy) is 1. The normalized spacial score (nSPS) is 21.2. The molecule has 0 saturated carbocycles. The first kappa shape index (κ1) is 10.4. The van der Waals surface area contributed by atoms with Gasteiger partial charge in [0, 0.05) is 0 Å². The molecule has 1 atom stereocenters. The summed E-state index contributed by atoms with van der Waals surface area (Å²) in [5, 5.41) is 0.108. The highest BCUT2D eigenvalue weighted by atomic mass is 35.5. The molecular weight excluding hydrogens is 219 g/mol. The van der Waals surface area contributed by atoms with Gasteiger partial charge in [-0.2, -0.15) is 0 Å². The lowest BCUT2D eigenvalue weighted by atomic mass is 9.91. The average molecular weight is 229 g/mol. The van der Waals surface area contributed by atoms with E-state index in [-0.39, 0.29) is 16.9 Å². The van der Waals surface area contributed by atoms with Crippen molar-refractivity contribution in [1.29, 1.82) is 0 Å². The second-order valence-corrected chi connectivity index (χ2v) is 3.99. The third kappa shape index (κ3) is 2.29. The Morgan fingerprint density at radius 3 is 2.93 bits per heavy atom. The molecule has 1 aliphatic heterocycles. The zero-order valence-corrected chi connectivity index (χ0v) is 8.76. The van der Waals surface area contributed by atoms with E-state index in [9.17, 15) is 9.18 Å². The summed E-state index contributed by atoms with van der Waals surface area (Å²) in [5.41, 5.74) is 0.813. The van der Waals surface area contributed by atoms with Crippen LogP contribution in [0.5, 0.6) is 0 Å². The van der Waals surface area contributed by atoms with Crippen molar-refractivity contribution < 1.29 is 13.9 Å². The van der Waals surface area contributed by atoms with Gasteiger partial charge >= 0.3 is 5.97 Å². The largest absolute Gasteiger partial charge is 0.466 e. The van der Waals surface area contributed by atoms with Gasteiger partial charge < -0.3 is 4.74 Å². The van der Waals surface area contributed by atoms with E-state index >= 15 is 0 Å². The van der Waals surface area contributed by atoms with E-state index < -0.39 is 5.82 Å². The molecule has 0 N–H and O–H groups in total. The number of carbonyl (C=O) groups is 1. The highest BCUT2D eigenvalue weighted by Crippen LogP contribution is 2.29. The van der Waals surface area contributed by atoms with Crippen LogP contribution in [0.4, 0.5) is 4.39 Å². The number of hydrogen-bond acceptors (Lipinski definition) is 2. The van der Waals surface area contributed by atoms with Gasteiger partial charge in [0.05, 0.1) is 18.1 Å². The summed E-state index contributed by atoms with van der Waals surface area (Å²) in [7, 11) is 0. The first-order chi connectivity index (χ1) is 7.16. The summed E-state index contributed by atoms with van der Waals surface area (Å²) in [6.07, 6.45) is 1.06. The standard InChI is InChI=1S/C11H10ClFO2/c12-9-2-1-7(5-10(9)13)8-3-4-15-11(14)6-8/h1-2,5,8H,3-4,6H2. The Labute approximate surface area is 92.0 Å². The van der Waals surface area contributed by atoms with E-state index in [4.69, 9.17) is 16.3 Å². The van der Waals surface area contributed by atoms with Crippen LogP contribution < -0.4 is 0 Å². The van der Waals surface area contributed by atoms with Crippen LogP contribution in [0.3, 0.4) is 0 Å². The molecule has 1 aliphatic rings. The zero-order chi connectivity index (χ0) is 10.8. The first-order valence-corrected chi connectivity index (χ1v) is 5.15. The first-order valence-electron chi connectivity index (χ1n) is 4.77. The van der Waals surface area contributed by atoms with Crippen molar-refractivity contribution >= 4 is 17.6 Å². The lowest BCUT2D eigenvalue weighted by Crippen LogP contribution is -2.19. The van der Waals surface area contributed by atoms with Crippen molar-refractivity contribution in [2.45, 2.75) is 18.8 Å². The lowest BCUT2D eigenvalue weighted by Gasteiger charge is -2.21. The Kier molecular flexibility index (Phi) is 2.91. The molecule has 1 aromatic rings. The van der Waals surface area contributed by atoms with Crippen molar-refractivity contribution in [3.05, 3.63) is 34.6 Å². The second-order valence-electron chi connectivity index (χ2n) is 3.58. The maximum absolute atomic E-state index is 13.2. The van der Waals surface area contributed by atoms with Gasteiger partial charge in [-0.1, -0.05) is 17.7 Å². The highest BCUT2D eigenvalue weighted by molar-refractivity contribution is 6.30. The Morgan fingerprint density at radius 2 is 2.27 bits per heavy atom. The molecule has 15 heavy (non-hydrogen) atoms. The van der Waals surface area contributed by atoms with Crippen LogP contribution in [-0.2, 0) is 9.53 Å². The molecule has 0 bridgehead atoms. The number of carbonyl (C=O) groups excluding carboxylic acids is 1. The minimum Gasteiger partial charge on any atom is -0.466 e. The van der Waals surface area contributed by atoms with Gasteiger partial charge in [-0.15, -0.1) is 0 Å². The monoisotopic (exact) mass is 228 g/mol. The Bertz CT molecular complexity index is 392. The van der Waals surface area contributed by atoms with Gasteiger partial charge in [0.15, 0.2) is 0 Å². The number of halogens is 2. The summed E-state index contributed by atoms with van der Waals surface area (Å²) >= 11 is 5.58. The summed E-state index contributed by atoms with van der Waals surface area (Å²) in [6, 6.07) is 4.67. The fourth-order valence-electron chi connectivity index (χ4n) is 1.73. The molecule has 1 heterocycles. The van der Waals surface area contributed by atoms with Crippen LogP contribution in [-0.4, -0.2) is 12.6 Å². The molecule has 0 aliphatic carbocycles. The van der Waals surface area contributed by atoms with Gasteiger partial charge in [0.1, 0.15) is 5.82 Å². The molecule has 1 aromatic carbocycles. The van der Waals surface area contributed by atoms with Crippen LogP contribution in [0.1, 0.15) is 24.3 Å². The summed E-state index contributed by atoms with van der Waals surface area (Å²) < 4.78 is 18.0. The fraction of sp³-hybridized carbons (Fsp3) is 0.364. The maximum atomic E-state index is 13.2. The SMILES string of the molecule is O=C1CC(c2ccc(Cl)c(F)c2)CCO1. The molecule has 0 radical (unpaired) electrons. The number of rotatable bonds is 1. The summed E-state index contributed by atoms with van der Waals surface area (Å²) in [4.78, 5) is 11.1. The smallest absolute Gasteiger partial charge is 0.306 e. The molecule has 0 spiro atoms. The molecule has 1 unspecified atom stereocenters. The van der Waals surface area contributed by atoms with Crippen LogP contribution in [0.15, 0.2) is 18.2 Å². The van der Waals surface area contributed by atoms with E-state index in [2.05, 4.69) is 0 Å².